The van der Waals surface area contributed by atoms with Crippen molar-refractivity contribution >= 4 is 40.5 Å². The number of halogens is 1. The summed E-state index contributed by atoms with van der Waals surface area (Å²) in [4.78, 5) is 28.5. The van der Waals surface area contributed by atoms with Crippen molar-refractivity contribution in [3.05, 3.63) is 154 Å². The van der Waals surface area contributed by atoms with E-state index in [0.29, 0.717) is 53.5 Å². The molecule has 0 fully saturated rings. The summed E-state index contributed by atoms with van der Waals surface area (Å²) in [7, 11) is 0. The number of hydrogen-bond donors (Lipinski definition) is 2. The van der Waals surface area contributed by atoms with Crippen molar-refractivity contribution in [1.29, 1.82) is 0 Å². The number of fused-ring (bicyclic) bond motifs is 1. The number of allylic oxidation sites excluding steroid dienone is 1. The second kappa shape index (κ2) is 15.1. The monoisotopic (exact) mass is 714 g/mol. The van der Waals surface area contributed by atoms with Crippen LogP contribution >= 0.6 is 11.6 Å². The third kappa shape index (κ3) is 6.92. The van der Waals surface area contributed by atoms with Gasteiger partial charge in [0.05, 0.1) is 41.8 Å². The lowest BCUT2D eigenvalue weighted by Gasteiger charge is -2.28. The van der Waals surface area contributed by atoms with Gasteiger partial charge < -0.3 is 15.1 Å². The lowest BCUT2D eigenvalue weighted by atomic mass is 9.83. The zero-order valence-electron chi connectivity index (χ0n) is 28.7. The van der Waals surface area contributed by atoms with E-state index in [1.807, 2.05) is 110 Å². The Morgan fingerprint density at radius 1 is 0.942 bits per heavy atom. The van der Waals surface area contributed by atoms with Crippen LogP contribution in [-0.4, -0.2) is 49.3 Å². The number of benzene rings is 4. The van der Waals surface area contributed by atoms with Crippen LogP contribution in [0.15, 0.2) is 127 Å². The summed E-state index contributed by atoms with van der Waals surface area (Å²) >= 11 is 6.40. The second-order valence-electron chi connectivity index (χ2n) is 13.2. The van der Waals surface area contributed by atoms with Gasteiger partial charge in [-0.05, 0) is 53.4 Å². The van der Waals surface area contributed by atoms with Crippen molar-refractivity contribution in [1.82, 2.24) is 15.0 Å². The molecule has 10 nitrogen and oxygen atoms in total. The Labute approximate surface area is 307 Å². The van der Waals surface area contributed by atoms with Crippen LogP contribution in [0.25, 0.3) is 0 Å². The number of amides is 2. The molecule has 0 saturated carbocycles. The Balaban J connectivity index is 1.04. The Morgan fingerprint density at radius 3 is 2.40 bits per heavy atom. The third-order valence-corrected chi connectivity index (χ3v) is 10.0. The van der Waals surface area contributed by atoms with E-state index < -0.39 is 17.4 Å². The van der Waals surface area contributed by atoms with E-state index in [2.05, 4.69) is 15.4 Å². The zero-order valence-corrected chi connectivity index (χ0v) is 29.5. The van der Waals surface area contributed by atoms with E-state index in [4.69, 9.17) is 11.6 Å². The molecule has 2 aliphatic rings. The largest absolute Gasteiger partial charge is 0.395 e. The molecule has 7 rings (SSSR count). The Morgan fingerprint density at radius 2 is 1.67 bits per heavy atom. The molecule has 264 valence electrons. The summed E-state index contributed by atoms with van der Waals surface area (Å²) in [6.07, 6.45) is 7.14. The number of hydrazone groups is 1. The Bertz CT molecular complexity index is 2120. The number of aliphatic hydroxyl groups excluding tert-OH is 1. The molecule has 2 aliphatic heterocycles. The number of rotatable bonds is 12. The number of aliphatic hydroxyl groups is 2. The van der Waals surface area contributed by atoms with Gasteiger partial charge in [-0.15, -0.1) is 5.10 Å². The predicted molar refractivity (Wildman–Crippen MR) is 201 cm³/mol. The van der Waals surface area contributed by atoms with Gasteiger partial charge in [0.25, 0.3) is 5.91 Å². The van der Waals surface area contributed by atoms with Gasteiger partial charge in [-0.3, -0.25) is 14.3 Å². The van der Waals surface area contributed by atoms with Crippen LogP contribution < -0.4 is 9.91 Å². The molecule has 0 aliphatic carbocycles. The first kappa shape index (κ1) is 35.0. The maximum absolute atomic E-state index is 14.1. The molecule has 0 saturated heterocycles. The quantitative estimate of drug-likeness (QED) is 0.140. The minimum absolute atomic E-state index is 0.0782. The van der Waals surface area contributed by atoms with Crippen molar-refractivity contribution in [3.8, 4) is 0 Å². The summed E-state index contributed by atoms with van der Waals surface area (Å²) in [6.45, 7) is 2.48. The predicted octanol–water partition coefficient (Wildman–Crippen LogP) is 6.60. The first-order valence-electron chi connectivity index (χ1n) is 17.4. The molecule has 2 N–H and O–H groups in total. The number of aryl methyl sites for hydroxylation is 1. The minimum atomic E-state index is -1.83. The minimum Gasteiger partial charge on any atom is -0.395 e. The highest BCUT2D eigenvalue weighted by Gasteiger charge is 2.52. The molecule has 3 atom stereocenters. The molecular formula is C41H39ClN6O4. The molecule has 1 aromatic heterocycles. The SMILES string of the molecule is C[C@H](/C=C/CCn1cc(C(CO)c2ccccc2)nn1)[C@@]1(O)C(=O)N(Cc2ccc(N3N=C(c4ccccc4)CCC3=O)cc2)c2ccc(Cl)cc21. The van der Waals surface area contributed by atoms with Crippen LogP contribution in [0.4, 0.5) is 11.4 Å². The number of hydrogen-bond acceptors (Lipinski definition) is 7. The normalized spacial score (nSPS) is 18.5. The molecule has 0 spiro atoms. The van der Waals surface area contributed by atoms with Crippen molar-refractivity contribution in [2.45, 2.75) is 50.8 Å². The molecule has 52 heavy (non-hydrogen) atoms. The van der Waals surface area contributed by atoms with Crippen molar-refractivity contribution < 1.29 is 19.8 Å². The van der Waals surface area contributed by atoms with Crippen LogP contribution in [-0.2, 0) is 28.3 Å². The third-order valence-electron chi connectivity index (χ3n) is 9.80. The van der Waals surface area contributed by atoms with Gasteiger partial charge in [0.15, 0.2) is 5.60 Å². The van der Waals surface area contributed by atoms with Gasteiger partial charge in [-0.25, -0.2) is 5.01 Å². The lowest BCUT2D eigenvalue weighted by molar-refractivity contribution is -0.139. The summed E-state index contributed by atoms with van der Waals surface area (Å²) in [5.74, 6) is -1.35. The first-order chi connectivity index (χ1) is 25.3. The molecule has 0 bridgehead atoms. The molecule has 4 aromatic carbocycles. The molecule has 2 amide bonds. The van der Waals surface area contributed by atoms with Gasteiger partial charge in [-0.1, -0.05) is 109 Å². The summed E-state index contributed by atoms with van der Waals surface area (Å²) in [5.41, 5.74) is 4.18. The van der Waals surface area contributed by atoms with Crippen LogP contribution in [0.2, 0.25) is 5.02 Å². The van der Waals surface area contributed by atoms with Gasteiger partial charge in [0.1, 0.15) is 0 Å². The van der Waals surface area contributed by atoms with E-state index in [1.54, 1.807) is 27.8 Å². The van der Waals surface area contributed by atoms with Crippen LogP contribution in [0.5, 0.6) is 0 Å². The van der Waals surface area contributed by atoms with Gasteiger partial charge >= 0.3 is 0 Å². The van der Waals surface area contributed by atoms with E-state index in [9.17, 15) is 19.8 Å². The smallest absolute Gasteiger partial charge is 0.264 e. The fraction of sp³-hybridized carbons (Fsp3) is 0.244. The van der Waals surface area contributed by atoms with Crippen molar-refractivity contribution in [2.24, 2.45) is 11.0 Å². The number of anilines is 2. The van der Waals surface area contributed by atoms with Crippen LogP contribution in [0, 0.1) is 5.92 Å². The highest BCUT2D eigenvalue weighted by molar-refractivity contribution is 6.31. The number of carbonyl (C=O) groups is 2. The van der Waals surface area contributed by atoms with Gasteiger partial charge in [0.2, 0.25) is 5.91 Å². The number of carbonyl (C=O) groups excluding carboxylic acids is 2. The topological polar surface area (TPSA) is 124 Å². The van der Waals surface area contributed by atoms with E-state index in [-0.39, 0.29) is 25.0 Å². The molecule has 3 heterocycles. The zero-order chi connectivity index (χ0) is 36.2. The summed E-state index contributed by atoms with van der Waals surface area (Å²) in [5, 5.41) is 37.2. The van der Waals surface area contributed by atoms with E-state index in [0.717, 1.165) is 22.4 Å². The molecule has 0 radical (unpaired) electrons. The van der Waals surface area contributed by atoms with Crippen molar-refractivity contribution in [3.63, 3.8) is 0 Å². The Hall–Kier alpha value is -5.42. The summed E-state index contributed by atoms with van der Waals surface area (Å²) < 4.78 is 1.73. The molecule has 5 aromatic rings. The standard InChI is InChI=1S/C41H39ClN6O4/c1-28(10-8-9-23-46-26-37(43-45-46)34(27-49)30-11-4-2-5-12-30)41(52)35-24-32(42)17-21-38(35)47(40(41)51)25-29-15-18-33(19-16-29)48-39(50)22-20-36(44-48)31-13-6-3-7-14-31/h2-8,10-19,21,24,26,28,34,49,52H,9,20,22-23,25,27H2,1H3/b10-8+/t28-,34?,41+/m1/s1. The number of aromatic nitrogens is 3. The average Bonchev–Trinajstić information content (AvgIpc) is 3.72. The second-order valence-corrected chi connectivity index (χ2v) is 13.6. The summed E-state index contributed by atoms with van der Waals surface area (Å²) in [6, 6.07) is 32.1. The Kier molecular flexibility index (Phi) is 10.1. The van der Waals surface area contributed by atoms with Crippen LogP contribution in [0.1, 0.15) is 60.1 Å². The fourth-order valence-electron chi connectivity index (χ4n) is 6.88. The highest BCUT2D eigenvalue weighted by Crippen LogP contribution is 2.46. The molecular weight excluding hydrogens is 676 g/mol. The highest BCUT2D eigenvalue weighted by atomic mass is 35.5. The van der Waals surface area contributed by atoms with E-state index >= 15 is 0 Å². The van der Waals surface area contributed by atoms with Crippen molar-refractivity contribution in [2.75, 3.05) is 16.5 Å². The van der Waals surface area contributed by atoms with E-state index in [1.165, 1.54) is 5.01 Å². The van der Waals surface area contributed by atoms with Gasteiger partial charge in [0, 0.05) is 42.1 Å². The molecule has 11 heteroatoms. The van der Waals surface area contributed by atoms with Crippen LogP contribution in [0.3, 0.4) is 0 Å². The average molecular weight is 715 g/mol. The molecule has 1 unspecified atom stereocenters. The maximum Gasteiger partial charge on any atom is 0.264 e. The maximum atomic E-state index is 14.1. The fourth-order valence-corrected chi connectivity index (χ4v) is 7.05. The lowest BCUT2D eigenvalue weighted by Crippen LogP contribution is -2.44. The first-order valence-corrected chi connectivity index (χ1v) is 17.8. The van der Waals surface area contributed by atoms with Gasteiger partial charge in [-0.2, -0.15) is 5.10 Å². The number of nitrogens with zero attached hydrogens (tertiary/aromatic N) is 6.